The van der Waals surface area contributed by atoms with Crippen molar-refractivity contribution in [3.63, 3.8) is 0 Å². The molecule has 0 saturated heterocycles. The van der Waals surface area contributed by atoms with Crippen LogP contribution in [0.4, 0.5) is 17.1 Å². The lowest BCUT2D eigenvalue weighted by Gasteiger charge is -2.34. The van der Waals surface area contributed by atoms with E-state index in [4.69, 9.17) is 0 Å². The molecule has 0 N–H and O–H groups in total. The van der Waals surface area contributed by atoms with Gasteiger partial charge in [-0.05, 0) is 97.6 Å². The molecule has 1 nitrogen and oxygen atoms in total. The first-order valence-electron chi connectivity index (χ1n) is 19.3. The molecule has 9 aromatic rings. The molecule has 0 saturated carbocycles. The van der Waals surface area contributed by atoms with Crippen LogP contribution in [0.15, 0.2) is 237 Å². The third-order valence-electron chi connectivity index (χ3n) is 11.3. The molecule has 0 bridgehead atoms. The van der Waals surface area contributed by atoms with Gasteiger partial charge in [-0.15, -0.1) is 0 Å². The number of fused-ring (bicyclic) bond motifs is 3. The fourth-order valence-corrected chi connectivity index (χ4v) is 8.85. The lowest BCUT2D eigenvalue weighted by molar-refractivity contribution is 0.768. The van der Waals surface area contributed by atoms with Gasteiger partial charge in [-0.1, -0.05) is 200 Å². The van der Waals surface area contributed by atoms with Crippen molar-refractivity contribution in [1.29, 1.82) is 0 Å². The van der Waals surface area contributed by atoms with Crippen LogP contribution in [-0.2, 0) is 5.41 Å². The minimum Gasteiger partial charge on any atom is -0.310 e. The van der Waals surface area contributed by atoms with Crippen LogP contribution in [0.5, 0.6) is 0 Å². The highest BCUT2D eigenvalue weighted by Crippen LogP contribution is 2.57. The second-order valence-corrected chi connectivity index (χ2v) is 14.5. The minimum absolute atomic E-state index is 0.461. The first-order valence-corrected chi connectivity index (χ1v) is 19.3. The van der Waals surface area contributed by atoms with Crippen molar-refractivity contribution >= 4 is 17.1 Å². The van der Waals surface area contributed by atoms with E-state index in [1.54, 1.807) is 0 Å². The Labute approximate surface area is 329 Å². The van der Waals surface area contributed by atoms with Crippen molar-refractivity contribution in [3.05, 3.63) is 259 Å². The van der Waals surface area contributed by atoms with Crippen molar-refractivity contribution in [1.82, 2.24) is 0 Å². The van der Waals surface area contributed by atoms with E-state index in [0.29, 0.717) is 0 Å². The van der Waals surface area contributed by atoms with E-state index >= 15 is 0 Å². The predicted molar refractivity (Wildman–Crippen MR) is 235 cm³/mol. The summed E-state index contributed by atoms with van der Waals surface area (Å²) in [5.41, 5.74) is 17.6. The molecular formula is C55H39N. The van der Waals surface area contributed by atoms with E-state index in [1.807, 2.05) is 0 Å². The van der Waals surface area contributed by atoms with Gasteiger partial charge in [0.25, 0.3) is 0 Å². The number of rotatable bonds is 8. The van der Waals surface area contributed by atoms with Gasteiger partial charge in [0, 0.05) is 16.9 Å². The summed E-state index contributed by atoms with van der Waals surface area (Å²) in [5.74, 6) is 0. The van der Waals surface area contributed by atoms with Gasteiger partial charge in [0.2, 0.25) is 0 Å². The van der Waals surface area contributed by atoms with Gasteiger partial charge in [-0.2, -0.15) is 0 Å². The number of hydrogen-bond acceptors (Lipinski definition) is 1. The van der Waals surface area contributed by atoms with Crippen LogP contribution in [0.25, 0.3) is 44.5 Å². The Balaban J connectivity index is 1.24. The van der Waals surface area contributed by atoms with Crippen molar-refractivity contribution in [2.45, 2.75) is 5.41 Å². The van der Waals surface area contributed by atoms with E-state index in [1.165, 1.54) is 66.8 Å². The van der Waals surface area contributed by atoms with E-state index < -0.39 is 5.41 Å². The maximum atomic E-state index is 2.46. The van der Waals surface area contributed by atoms with E-state index in [9.17, 15) is 0 Å². The molecule has 0 fully saturated rings. The third-order valence-corrected chi connectivity index (χ3v) is 11.3. The Kier molecular flexibility index (Phi) is 8.46. The van der Waals surface area contributed by atoms with Crippen molar-refractivity contribution < 1.29 is 0 Å². The quantitative estimate of drug-likeness (QED) is 0.152. The zero-order chi connectivity index (χ0) is 37.3. The smallest absolute Gasteiger partial charge is 0.0713 e. The molecule has 0 unspecified atom stereocenters. The van der Waals surface area contributed by atoms with E-state index in [-0.39, 0.29) is 0 Å². The fourth-order valence-electron chi connectivity index (χ4n) is 8.85. The zero-order valence-electron chi connectivity index (χ0n) is 31.0. The van der Waals surface area contributed by atoms with Crippen molar-refractivity contribution in [2.24, 2.45) is 0 Å². The highest BCUT2D eigenvalue weighted by Gasteiger charge is 2.46. The maximum absolute atomic E-state index is 2.46. The molecule has 0 radical (unpaired) electrons. The van der Waals surface area contributed by atoms with Gasteiger partial charge in [0.1, 0.15) is 0 Å². The summed E-state index contributed by atoms with van der Waals surface area (Å²) >= 11 is 0. The molecule has 0 spiro atoms. The van der Waals surface area contributed by atoms with Gasteiger partial charge in [-0.25, -0.2) is 0 Å². The molecule has 9 aromatic carbocycles. The van der Waals surface area contributed by atoms with Crippen LogP contribution < -0.4 is 4.90 Å². The monoisotopic (exact) mass is 713 g/mol. The molecule has 56 heavy (non-hydrogen) atoms. The highest BCUT2D eigenvalue weighted by molar-refractivity contribution is 5.94. The predicted octanol–water partition coefficient (Wildman–Crippen LogP) is 14.5. The Bertz CT molecular complexity index is 2740. The Morgan fingerprint density at radius 1 is 0.268 bits per heavy atom. The second kappa shape index (κ2) is 14.2. The van der Waals surface area contributed by atoms with Crippen LogP contribution in [0.2, 0.25) is 0 Å². The summed E-state index contributed by atoms with van der Waals surface area (Å²) in [4.78, 5) is 2.46. The van der Waals surface area contributed by atoms with Crippen LogP contribution in [0.3, 0.4) is 0 Å². The molecule has 0 aromatic heterocycles. The van der Waals surface area contributed by atoms with Gasteiger partial charge in [-0.3, -0.25) is 0 Å². The number of nitrogens with zero attached hydrogens (tertiary/aromatic N) is 1. The standard InChI is InChI=1S/C55H39N/c1-6-19-40(20-7-1)43-25-18-30-47(37-43)56(54-36-33-44(41-21-8-2-9-22-41)38-50(54)42-23-10-3-11-24-42)48-34-35-53-51(39-48)49-31-16-17-32-52(49)55(53,45-26-12-4-13-27-45)46-28-14-5-15-29-46/h1-39H. The van der Waals surface area contributed by atoms with Gasteiger partial charge in [0.05, 0.1) is 11.1 Å². The SMILES string of the molecule is c1ccc(-c2cccc(N(c3ccc4c(c3)-c3ccccc3C4(c3ccccc3)c3ccccc3)c3ccc(-c4ccccc4)cc3-c3ccccc3)c2)cc1. The fraction of sp³-hybridized carbons (Fsp3) is 0.0182. The normalized spacial score (nSPS) is 12.4. The molecular weight excluding hydrogens is 675 g/mol. The van der Waals surface area contributed by atoms with Crippen LogP contribution in [0.1, 0.15) is 22.3 Å². The minimum atomic E-state index is -0.461. The average Bonchev–Trinajstić information content (AvgIpc) is 3.59. The molecule has 0 amide bonds. The summed E-state index contributed by atoms with van der Waals surface area (Å²) in [6.45, 7) is 0. The van der Waals surface area contributed by atoms with E-state index in [0.717, 1.165) is 17.1 Å². The summed E-state index contributed by atoms with van der Waals surface area (Å²) in [6.07, 6.45) is 0. The second-order valence-electron chi connectivity index (χ2n) is 14.5. The number of hydrogen-bond donors (Lipinski definition) is 0. The summed E-state index contributed by atoms with van der Waals surface area (Å²) in [6, 6.07) is 86.2. The molecule has 0 aliphatic heterocycles. The van der Waals surface area contributed by atoms with Crippen molar-refractivity contribution in [2.75, 3.05) is 4.90 Å². The molecule has 1 aliphatic rings. The first-order chi connectivity index (χ1) is 27.8. The highest BCUT2D eigenvalue weighted by atomic mass is 15.1. The lowest BCUT2D eigenvalue weighted by Crippen LogP contribution is -2.28. The third kappa shape index (κ3) is 5.65. The average molecular weight is 714 g/mol. The summed E-state index contributed by atoms with van der Waals surface area (Å²) in [5, 5.41) is 0. The molecule has 264 valence electrons. The number of benzene rings is 9. The van der Waals surface area contributed by atoms with Crippen LogP contribution >= 0.6 is 0 Å². The van der Waals surface area contributed by atoms with Crippen molar-refractivity contribution in [3.8, 4) is 44.5 Å². The molecule has 1 aliphatic carbocycles. The Morgan fingerprint density at radius 2 is 0.750 bits per heavy atom. The molecule has 0 atom stereocenters. The Hall–Kier alpha value is -7.22. The summed E-state index contributed by atoms with van der Waals surface area (Å²) in [7, 11) is 0. The molecule has 10 rings (SSSR count). The van der Waals surface area contributed by atoms with Crippen LogP contribution in [-0.4, -0.2) is 0 Å². The summed E-state index contributed by atoms with van der Waals surface area (Å²) < 4.78 is 0. The largest absolute Gasteiger partial charge is 0.310 e. The number of anilines is 3. The van der Waals surface area contributed by atoms with E-state index in [2.05, 4.69) is 241 Å². The Morgan fingerprint density at radius 3 is 1.38 bits per heavy atom. The lowest BCUT2D eigenvalue weighted by atomic mass is 9.68. The topological polar surface area (TPSA) is 3.24 Å². The maximum Gasteiger partial charge on any atom is 0.0713 e. The molecule has 0 heterocycles. The zero-order valence-corrected chi connectivity index (χ0v) is 31.0. The van der Waals surface area contributed by atoms with Gasteiger partial charge < -0.3 is 4.90 Å². The first kappa shape index (κ1) is 33.4. The van der Waals surface area contributed by atoms with Gasteiger partial charge in [0.15, 0.2) is 0 Å². The van der Waals surface area contributed by atoms with Gasteiger partial charge >= 0.3 is 0 Å². The van der Waals surface area contributed by atoms with Crippen LogP contribution in [0, 0.1) is 0 Å². The molecule has 1 heteroatoms.